The molecule has 1 aliphatic heterocycles. The zero-order valence-electron chi connectivity index (χ0n) is 17.1. The van der Waals surface area contributed by atoms with Crippen molar-refractivity contribution in [3.8, 4) is 11.5 Å². The van der Waals surface area contributed by atoms with E-state index in [2.05, 4.69) is 26.8 Å². The number of unbranched alkanes of at least 4 members (excludes halogenated alkanes) is 1. The third-order valence-corrected chi connectivity index (χ3v) is 6.83. The molecule has 1 aromatic rings. The number of phenols is 1. The Morgan fingerprint density at radius 3 is 2.74 bits per heavy atom. The first-order chi connectivity index (χ1) is 13.0. The highest BCUT2D eigenvalue weighted by atomic mass is 16.7. The lowest BCUT2D eigenvalue weighted by Crippen LogP contribution is -2.47. The van der Waals surface area contributed by atoms with E-state index in [1.54, 1.807) is 0 Å². The van der Waals surface area contributed by atoms with Crippen LogP contribution in [-0.2, 0) is 4.74 Å². The molecule has 27 heavy (non-hydrogen) atoms. The van der Waals surface area contributed by atoms with Gasteiger partial charge in [-0.2, -0.15) is 0 Å². The number of fused-ring (bicyclic) bond motifs is 4. The maximum absolute atomic E-state index is 11.0. The molecule has 3 heteroatoms. The summed E-state index contributed by atoms with van der Waals surface area (Å²) in [4.78, 5) is 0. The van der Waals surface area contributed by atoms with Gasteiger partial charge in [0.25, 0.3) is 0 Å². The number of hydrogen-bond acceptors (Lipinski definition) is 3. The van der Waals surface area contributed by atoms with Crippen LogP contribution in [0.15, 0.2) is 23.3 Å². The summed E-state index contributed by atoms with van der Waals surface area (Å²) in [5.74, 6) is 1.54. The number of ether oxygens (including phenoxy) is 2. The summed E-state index contributed by atoms with van der Waals surface area (Å²) in [5, 5.41) is 11.0. The molecule has 2 unspecified atom stereocenters. The predicted octanol–water partition coefficient (Wildman–Crippen LogP) is 6.56. The maximum atomic E-state index is 11.0. The van der Waals surface area contributed by atoms with E-state index in [9.17, 15) is 5.11 Å². The van der Waals surface area contributed by atoms with Crippen LogP contribution in [0.4, 0.5) is 0 Å². The predicted molar refractivity (Wildman–Crippen MR) is 109 cm³/mol. The van der Waals surface area contributed by atoms with Crippen LogP contribution in [0, 0.1) is 0 Å². The summed E-state index contributed by atoms with van der Waals surface area (Å²) in [6, 6.07) is 4.23. The van der Waals surface area contributed by atoms with Crippen LogP contribution < -0.4 is 4.74 Å². The van der Waals surface area contributed by atoms with Gasteiger partial charge in [-0.25, -0.2) is 0 Å². The lowest BCUT2D eigenvalue weighted by atomic mass is 9.72. The van der Waals surface area contributed by atoms with E-state index in [0.717, 1.165) is 50.0 Å². The summed E-state index contributed by atoms with van der Waals surface area (Å²) in [5.41, 5.74) is 5.06. The number of phenolic OH excluding ortho intramolecular Hbond substituents is 1. The van der Waals surface area contributed by atoms with Crippen molar-refractivity contribution in [1.29, 1.82) is 0 Å². The van der Waals surface area contributed by atoms with Gasteiger partial charge >= 0.3 is 0 Å². The Kier molecular flexibility index (Phi) is 5.24. The quantitative estimate of drug-likeness (QED) is 0.471. The molecule has 0 spiro atoms. The monoisotopic (exact) mass is 370 g/mol. The van der Waals surface area contributed by atoms with Gasteiger partial charge in [-0.05, 0) is 63.1 Å². The van der Waals surface area contributed by atoms with Gasteiger partial charge in [0.2, 0.25) is 5.79 Å². The van der Waals surface area contributed by atoms with Crippen LogP contribution in [-0.4, -0.2) is 17.5 Å². The van der Waals surface area contributed by atoms with Crippen molar-refractivity contribution in [3.63, 3.8) is 0 Å². The SMILES string of the molecule is CCCCOC12CCC(=C(C)C)C(C1)c1c(O)cc(C3CCCC3)cc1O2. The lowest BCUT2D eigenvalue weighted by molar-refractivity contribution is -0.207. The third kappa shape index (κ3) is 3.51. The first kappa shape index (κ1) is 18.9. The summed E-state index contributed by atoms with van der Waals surface area (Å²) in [7, 11) is 0. The molecule has 1 N–H and O–H groups in total. The lowest BCUT2D eigenvalue weighted by Gasteiger charge is -2.47. The van der Waals surface area contributed by atoms with Gasteiger partial charge in [0.05, 0.1) is 6.61 Å². The molecule has 0 radical (unpaired) electrons. The fourth-order valence-corrected chi connectivity index (χ4v) is 5.33. The van der Waals surface area contributed by atoms with E-state index in [0.29, 0.717) is 11.7 Å². The van der Waals surface area contributed by atoms with Crippen molar-refractivity contribution < 1.29 is 14.6 Å². The number of hydrogen-bond donors (Lipinski definition) is 1. The Hall–Kier alpha value is -1.48. The minimum atomic E-state index is -0.521. The third-order valence-electron chi connectivity index (χ3n) is 6.83. The van der Waals surface area contributed by atoms with Gasteiger partial charge in [0.15, 0.2) is 0 Å². The Balaban J connectivity index is 1.74. The number of aromatic hydroxyl groups is 1. The second-order valence-electron chi connectivity index (χ2n) is 8.93. The van der Waals surface area contributed by atoms with Crippen LogP contribution in [0.3, 0.4) is 0 Å². The van der Waals surface area contributed by atoms with Crippen molar-refractivity contribution in [3.05, 3.63) is 34.4 Å². The van der Waals surface area contributed by atoms with Gasteiger partial charge in [-0.15, -0.1) is 0 Å². The summed E-state index contributed by atoms with van der Waals surface area (Å²) < 4.78 is 12.9. The van der Waals surface area contributed by atoms with Crippen LogP contribution in [0.5, 0.6) is 11.5 Å². The number of rotatable bonds is 5. The normalized spacial score (nSPS) is 27.4. The van der Waals surface area contributed by atoms with Crippen molar-refractivity contribution in [2.45, 2.75) is 96.2 Å². The summed E-state index contributed by atoms with van der Waals surface area (Å²) in [6.07, 6.45) is 9.92. The summed E-state index contributed by atoms with van der Waals surface area (Å²) in [6.45, 7) is 7.32. The van der Waals surface area contributed by atoms with Gasteiger partial charge < -0.3 is 14.6 Å². The highest BCUT2D eigenvalue weighted by Crippen LogP contribution is 2.56. The van der Waals surface area contributed by atoms with Gasteiger partial charge in [-0.1, -0.05) is 37.3 Å². The second-order valence-corrected chi connectivity index (χ2v) is 8.93. The zero-order chi connectivity index (χ0) is 19.0. The molecular weight excluding hydrogens is 336 g/mol. The fourth-order valence-electron chi connectivity index (χ4n) is 5.33. The molecule has 2 atom stereocenters. The molecular formula is C24H34O3. The Morgan fingerprint density at radius 1 is 1.26 bits per heavy atom. The van der Waals surface area contributed by atoms with Crippen LogP contribution in [0.2, 0.25) is 0 Å². The van der Waals surface area contributed by atoms with E-state index in [-0.39, 0.29) is 5.92 Å². The molecule has 0 amide bonds. The molecule has 148 valence electrons. The van der Waals surface area contributed by atoms with Gasteiger partial charge in [0, 0.05) is 24.3 Å². The molecule has 2 bridgehead atoms. The van der Waals surface area contributed by atoms with Crippen molar-refractivity contribution >= 4 is 0 Å². The van der Waals surface area contributed by atoms with Crippen LogP contribution in [0.1, 0.15) is 102 Å². The molecule has 3 nitrogen and oxygen atoms in total. The van der Waals surface area contributed by atoms with E-state index in [4.69, 9.17) is 9.47 Å². The average molecular weight is 371 g/mol. The second kappa shape index (κ2) is 7.50. The van der Waals surface area contributed by atoms with Crippen molar-refractivity contribution in [2.24, 2.45) is 0 Å². The molecule has 2 aliphatic carbocycles. The Morgan fingerprint density at radius 2 is 2.04 bits per heavy atom. The minimum absolute atomic E-state index is 0.215. The Labute approximate surface area is 163 Å². The number of allylic oxidation sites excluding steroid dienone is 2. The standard InChI is InChI=1S/C24H34O3/c1-4-5-12-26-24-11-10-19(16(2)3)20(15-24)23-21(25)13-18(14-22(23)27-24)17-8-6-7-9-17/h13-14,17,20,25H,4-12,15H2,1-3H3. The minimum Gasteiger partial charge on any atom is -0.507 e. The van der Waals surface area contributed by atoms with E-state index in [1.165, 1.54) is 42.4 Å². The summed E-state index contributed by atoms with van der Waals surface area (Å²) >= 11 is 0. The first-order valence-electron chi connectivity index (χ1n) is 10.9. The van der Waals surface area contributed by atoms with E-state index in [1.807, 2.05) is 6.07 Å². The molecule has 1 heterocycles. The smallest absolute Gasteiger partial charge is 0.211 e. The number of benzene rings is 1. The van der Waals surface area contributed by atoms with E-state index < -0.39 is 5.79 Å². The molecule has 2 saturated carbocycles. The largest absolute Gasteiger partial charge is 0.507 e. The van der Waals surface area contributed by atoms with Gasteiger partial charge in [0.1, 0.15) is 11.5 Å². The highest BCUT2D eigenvalue weighted by Gasteiger charge is 2.48. The van der Waals surface area contributed by atoms with Crippen LogP contribution >= 0.6 is 0 Å². The van der Waals surface area contributed by atoms with E-state index >= 15 is 0 Å². The van der Waals surface area contributed by atoms with Gasteiger partial charge in [-0.3, -0.25) is 0 Å². The van der Waals surface area contributed by atoms with Crippen LogP contribution in [0.25, 0.3) is 0 Å². The first-order valence-corrected chi connectivity index (χ1v) is 10.9. The highest BCUT2D eigenvalue weighted by molar-refractivity contribution is 5.55. The topological polar surface area (TPSA) is 38.7 Å². The average Bonchev–Trinajstić information content (AvgIpc) is 3.16. The molecule has 2 fully saturated rings. The molecule has 1 aromatic carbocycles. The molecule has 0 saturated heterocycles. The zero-order valence-corrected chi connectivity index (χ0v) is 17.1. The van der Waals surface area contributed by atoms with Crippen molar-refractivity contribution in [2.75, 3.05) is 6.61 Å². The Bertz CT molecular complexity index is 725. The molecule has 3 aliphatic rings. The fraction of sp³-hybridized carbons (Fsp3) is 0.667. The van der Waals surface area contributed by atoms with Crippen molar-refractivity contribution in [1.82, 2.24) is 0 Å². The maximum Gasteiger partial charge on any atom is 0.211 e. The molecule has 4 rings (SSSR count). The molecule has 0 aromatic heterocycles.